The summed E-state index contributed by atoms with van der Waals surface area (Å²) in [7, 11) is 0. The highest BCUT2D eigenvalue weighted by atomic mass is 19.1. The maximum atomic E-state index is 14.2. The van der Waals surface area contributed by atoms with E-state index in [-0.39, 0.29) is 11.5 Å². The van der Waals surface area contributed by atoms with Gasteiger partial charge < -0.3 is 15.5 Å². The minimum absolute atomic E-state index is 0.105. The summed E-state index contributed by atoms with van der Waals surface area (Å²) in [6.45, 7) is 3.48. The monoisotopic (exact) mass is 361 g/mol. The third-order valence-corrected chi connectivity index (χ3v) is 3.79. The zero-order valence-corrected chi connectivity index (χ0v) is 13.7. The molecule has 0 aliphatic carbocycles. The number of carbonyl (C=O) groups is 2. The van der Waals surface area contributed by atoms with Crippen LogP contribution in [0.4, 0.5) is 25.1 Å². The minimum atomic E-state index is -1.27. The molecule has 0 radical (unpaired) electrons. The molecule has 0 spiro atoms. The Kier molecular flexibility index (Phi) is 4.24. The Balaban J connectivity index is 1.92. The normalized spacial score (nSPS) is 10.8. The number of fused-ring (bicyclic) bond motifs is 1. The van der Waals surface area contributed by atoms with Crippen molar-refractivity contribution in [3.05, 3.63) is 47.0 Å². The Labute approximate surface area is 145 Å². The molecule has 1 aromatic carbocycles. The summed E-state index contributed by atoms with van der Waals surface area (Å²) in [5, 5.41) is 4.86. The van der Waals surface area contributed by atoms with Gasteiger partial charge in [-0.25, -0.2) is 23.5 Å². The largest absolute Gasteiger partial charge is 0.443 e. The molecule has 2 aromatic heterocycles. The zero-order valence-electron chi connectivity index (χ0n) is 13.7. The molecule has 0 saturated heterocycles. The van der Waals surface area contributed by atoms with Crippen molar-refractivity contribution in [3.8, 4) is 0 Å². The smallest absolute Gasteiger partial charge is 0.325 e. The molecule has 0 unspecified atom stereocenters. The van der Waals surface area contributed by atoms with Gasteiger partial charge in [0.25, 0.3) is 5.91 Å². The summed E-state index contributed by atoms with van der Waals surface area (Å²) in [4.78, 5) is 31.2. The molecule has 3 aromatic rings. The number of halogens is 2. The van der Waals surface area contributed by atoms with Crippen molar-refractivity contribution < 1.29 is 22.8 Å². The maximum Gasteiger partial charge on any atom is 0.325 e. The molecule has 2 heterocycles. The molecule has 0 aliphatic heterocycles. The number of nitrogens with zero attached hydrogens (tertiary/aromatic N) is 2. The molecule has 0 aliphatic rings. The van der Waals surface area contributed by atoms with E-state index >= 15 is 0 Å². The van der Waals surface area contributed by atoms with Crippen LogP contribution in [-0.4, -0.2) is 21.9 Å². The van der Waals surface area contributed by atoms with Crippen LogP contribution < -0.4 is 16.4 Å². The van der Waals surface area contributed by atoms with Gasteiger partial charge >= 0.3 is 6.03 Å². The molecule has 0 saturated carbocycles. The fourth-order valence-electron chi connectivity index (χ4n) is 2.39. The van der Waals surface area contributed by atoms with Crippen LogP contribution in [0, 0.1) is 25.5 Å². The average Bonchev–Trinajstić information content (AvgIpc) is 2.86. The fraction of sp³-hybridized carbons (Fsp3) is 0.125. The van der Waals surface area contributed by atoms with Crippen molar-refractivity contribution in [3.63, 3.8) is 0 Å². The number of furan rings is 1. The summed E-state index contributed by atoms with van der Waals surface area (Å²) < 4.78 is 33.4. The van der Waals surface area contributed by atoms with Crippen LogP contribution in [0.5, 0.6) is 0 Å². The van der Waals surface area contributed by atoms with Gasteiger partial charge in [-0.15, -0.1) is 0 Å². The predicted molar refractivity (Wildman–Crippen MR) is 88.8 cm³/mol. The van der Waals surface area contributed by atoms with Crippen LogP contribution in [0.1, 0.15) is 21.7 Å². The first-order chi connectivity index (χ1) is 12.3. The van der Waals surface area contributed by atoms with E-state index in [4.69, 9.17) is 10.2 Å². The van der Waals surface area contributed by atoms with Crippen molar-refractivity contribution >= 4 is 34.5 Å². The molecule has 0 bridgehead atoms. The summed E-state index contributed by atoms with van der Waals surface area (Å²) in [5.74, 6) is -2.72. The summed E-state index contributed by atoms with van der Waals surface area (Å²) in [6, 6.07) is 0.745. The van der Waals surface area contributed by atoms with Gasteiger partial charge in [0.05, 0.1) is 10.9 Å². The number of hydrogen-bond donors (Lipinski definition) is 3. The number of aryl methyl sites for hydroxylation is 2. The first kappa shape index (κ1) is 17.3. The van der Waals surface area contributed by atoms with E-state index in [9.17, 15) is 18.4 Å². The average molecular weight is 361 g/mol. The highest BCUT2D eigenvalue weighted by Gasteiger charge is 2.20. The molecule has 0 fully saturated rings. The number of nitrogens with two attached hydrogens (primary N) is 1. The Morgan fingerprint density at radius 2 is 1.88 bits per heavy atom. The van der Waals surface area contributed by atoms with Gasteiger partial charge in [0.1, 0.15) is 29.4 Å². The number of aromatic nitrogens is 2. The molecule has 3 rings (SSSR count). The van der Waals surface area contributed by atoms with Crippen LogP contribution in [-0.2, 0) is 0 Å². The molecular weight excluding hydrogens is 348 g/mol. The topological polar surface area (TPSA) is 123 Å². The summed E-state index contributed by atoms with van der Waals surface area (Å²) >= 11 is 0. The van der Waals surface area contributed by atoms with Crippen molar-refractivity contribution in [2.24, 2.45) is 5.73 Å². The Bertz CT molecular complexity index is 1050. The first-order valence-corrected chi connectivity index (χ1v) is 7.36. The second-order valence-corrected chi connectivity index (χ2v) is 5.41. The van der Waals surface area contributed by atoms with Gasteiger partial charge in [-0.05, 0) is 26.0 Å². The lowest BCUT2D eigenvalue weighted by molar-refractivity contribution is 0.0996. The highest BCUT2D eigenvalue weighted by Crippen LogP contribution is 2.28. The molecule has 26 heavy (non-hydrogen) atoms. The molecular formula is C16H13F2N5O3. The summed E-state index contributed by atoms with van der Waals surface area (Å²) in [6.07, 6.45) is 1.18. The summed E-state index contributed by atoms with van der Waals surface area (Å²) in [5.41, 5.74) is 4.64. The van der Waals surface area contributed by atoms with Gasteiger partial charge in [0.15, 0.2) is 5.82 Å². The van der Waals surface area contributed by atoms with Crippen LogP contribution >= 0.6 is 0 Å². The van der Waals surface area contributed by atoms with Crippen LogP contribution in [0.25, 0.3) is 11.1 Å². The van der Waals surface area contributed by atoms with E-state index in [1.165, 1.54) is 6.33 Å². The third-order valence-electron chi connectivity index (χ3n) is 3.79. The number of anilines is 2. The van der Waals surface area contributed by atoms with Gasteiger partial charge in [-0.3, -0.25) is 10.1 Å². The van der Waals surface area contributed by atoms with E-state index in [0.29, 0.717) is 16.7 Å². The van der Waals surface area contributed by atoms with Crippen molar-refractivity contribution in [2.45, 2.75) is 13.8 Å². The van der Waals surface area contributed by atoms with Crippen LogP contribution in [0.15, 0.2) is 22.9 Å². The fourth-order valence-corrected chi connectivity index (χ4v) is 2.39. The Morgan fingerprint density at radius 3 is 2.58 bits per heavy atom. The van der Waals surface area contributed by atoms with E-state index in [1.54, 1.807) is 13.8 Å². The van der Waals surface area contributed by atoms with E-state index in [0.717, 1.165) is 12.1 Å². The first-order valence-electron chi connectivity index (χ1n) is 7.36. The molecule has 134 valence electrons. The molecule has 0 atom stereocenters. The van der Waals surface area contributed by atoms with Gasteiger partial charge in [0.2, 0.25) is 5.71 Å². The molecule has 10 heteroatoms. The number of benzene rings is 1. The second kappa shape index (κ2) is 6.39. The number of nitrogens with one attached hydrogen (secondary N) is 2. The molecule has 4 N–H and O–H groups in total. The Morgan fingerprint density at radius 1 is 1.15 bits per heavy atom. The number of rotatable bonds is 3. The van der Waals surface area contributed by atoms with Crippen LogP contribution in [0.2, 0.25) is 0 Å². The maximum absolute atomic E-state index is 14.2. The molecule has 3 amide bonds. The van der Waals surface area contributed by atoms with E-state index in [2.05, 4.69) is 15.3 Å². The quantitative estimate of drug-likeness (QED) is 0.662. The lowest BCUT2D eigenvalue weighted by Crippen LogP contribution is -2.23. The van der Waals surface area contributed by atoms with E-state index in [1.807, 2.05) is 5.32 Å². The zero-order chi connectivity index (χ0) is 19.0. The minimum Gasteiger partial charge on any atom is -0.443 e. The van der Waals surface area contributed by atoms with Gasteiger partial charge in [0, 0.05) is 5.56 Å². The highest BCUT2D eigenvalue weighted by molar-refractivity contribution is 6.05. The number of hydrogen-bond acceptors (Lipinski definition) is 5. The number of amides is 3. The standard InChI is InChI=1S/C16H13F2N5O3/c1-6-7(2)26-15-10(6)14(20-5-21-15)23-16(25)22-12-9(17)4-3-8(11(12)18)13(19)24/h3-5H,1-2H3,(H2,19,24)(H2,20,21,22,23,25). The van der Waals surface area contributed by atoms with Crippen molar-refractivity contribution in [1.29, 1.82) is 0 Å². The van der Waals surface area contributed by atoms with Crippen molar-refractivity contribution in [2.75, 3.05) is 10.6 Å². The third kappa shape index (κ3) is 2.92. The predicted octanol–water partition coefficient (Wildman–Crippen LogP) is 2.86. The lowest BCUT2D eigenvalue weighted by atomic mass is 10.1. The van der Waals surface area contributed by atoms with Crippen molar-refractivity contribution in [1.82, 2.24) is 9.97 Å². The number of carbonyl (C=O) groups excluding carboxylic acids is 2. The number of primary amides is 1. The number of urea groups is 1. The lowest BCUT2D eigenvalue weighted by Gasteiger charge is -2.11. The SMILES string of the molecule is Cc1oc2ncnc(NC(=O)Nc3c(F)ccc(C(N)=O)c3F)c2c1C. The van der Waals surface area contributed by atoms with Gasteiger partial charge in [-0.1, -0.05) is 0 Å². The van der Waals surface area contributed by atoms with Gasteiger partial charge in [-0.2, -0.15) is 0 Å². The second-order valence-electron chi connectivity index (χ2n) is 5.41. The Hall–Kier alpha value is -3.56. The van der Waals surface area contributed by atoms with E-state index < -0.39 is 34.8 Å². The molecule has 8 nitrogen and oxygen atoms in total. The van der Waals surface area contributed by atoms with Crippen LogP contribution in [0.3, 0.4) is 0 Å².